The summed E-state index contributed by atoms with van der Waals surface area (Å²) in [6, 6.07) is 9.12. The van der Waals surface area contributed by atoms with Crippen LogP contribution < -0.4 is 11.1 Å². The number of hydrogen-bond acceptors (Lipinski definition) is 3. The van der Waals surface area contributed by atoms with Gasteiger partial charge < -0.3 is 11.1 Å². The average Bonchev–Trinajstić information content (AvgIpc) is 2.66. The maximum Gasteiger partial charge on any atom is 0.248 e. The number of carbonyl (C=O) groups is 1. The van der Waals surface area contributed by atoms with Gasteiger partial charge in [0.05, 0.1) is 17.9 Å². The highest BCUT2D eigenvalue weighted by atomic mass is 16.1. The van der Waals surface area contributed by atoms with Crippen molar-refractivity contribution in [3.8, 4) is 0 Å². The predicted molar refractivity (Wildman–Crippen MR) is 70.2 cm³/mol. The largest absolute Gasteiger partial charge is 0.379 e. The second-order valence-corrected chi connectivity index (χ2v) is 4.20. The predicted octanol–water partition coefficient (Wildman–Crippen LogP) is 1.44. The summed E-state index contributed by atoms with van der Waals surface area (Å²) < 4.78 is 1.85. The number of rotatable bonds is 4. The lowest BCUT2D eigenvalue weighted by Gasteiger charge is -2.06. The van der Waals surface area contributed by atoms with E-state index in [1.54, 1.807) is 12.1 Å². The average molecular weight is 244 g/mol. The van der Waals surface area contributed by atoms with E-state index < -0.39 is 5.91 Å². The van der Waals surface area contributed by atoms with Crippen molar-refractivity contribution in [2.75, 3.05) is 5.32 Å². The molecule has 0 saturated carbocycles. The lowest BCUT2D eigenvalue weighted by molar-refractivity contribution is 0.100. The quantitative estimate of drug-likeness (QED) is 0.854. The van der Waals surface area contributed by atoms with Gasteiger partial charge in [0, 0.05) is 18.3 Å². The number of amides is 1. The van der Waals surface area contributed by atoms with E-state index in [1.807, 2.05) is 36.9 Å². The number of nitrogens with one attached hydrogen (secondary N) is 1. The lowest BCUT2D eigenvalue weighted by Crippen LogP contribution is -2.11. The third-order valence-corrected chi connectivity index (χ3v) is 2.74. The summed E-state index contributed by atoms with van der Waals surface area (Å²) in [6.07, 6.45) is 0. The highest BCUT2D eigenvalue weighted by molar-refractivity contribution is 5.93. The number of anilines is 1. The van der Waals surface area contributed by atoms with E-state index in [2.05, 4.69) is 10.4 Å². The Morgan fingerprint density at radius 1 is 1.39 bits per heavy atom. The molecule has 94 valence electrons. The molecule has 0 spiro atoms. The molecule has 0 bridgehead atoms. The standard InChI is InChI=1S/C13H16N4O/c1-9-7-12(17(2)16-9)8-15-11-5-3-10(4-6-11)13(14)18/h3-7,15H,8H2,1-2H3,(H2,14,18). The van der Waals surface area contributed by atoms with Crippen LogP contribution in [0.4, 0.5) is 5.69 Å². The summed E-state index contributed by atoms with van der Waals surface area (Å²) in [5, 5.41) is 7.54. The van der Waals surface area contributed by atoms with Crippen LogP contribution >= 0.6 is 0 Å². The van der Waals surface area contributed by atoms with Crippen LogP contribution in [-0.2, 0) is 13.6 Å². The molecule has 0 atom stereocenters. The number of nitrogens with zero attached hydrogens (tertiary/aromatic N) is 2. The number of aromatic nitrogens is 2. The van der Waals surface area contributed by atoms with Crippen LogP contribution in [0.15, 0.2) is 30.3 Å². The van der Waals surface area contributed by atoms with Crippen molar-refractivity contribution >= 4 is 11.6 Å². The fourth-order valence-corrected chi connectivity index (χ4v) is 1.77. The van der Waals surface area contributed by atoms with Crippen LogP contribution in [0.2, 0.25) is 0 Å². The Balaban J connectivity index is 2.02. The zero-order chi connectivity index (χ0) is 13.1. The Labute approximate surface area is 106 Å². The molecule has 0 radical (unpaired) electrons. The van der Waals surface area contributed by atoms with Crippen molar-refractivity contribution in [3.63, 3.8) is 0 Å². The second-order valence-electron chi connectivity index (χ2n) is 4.20. The van der Waals surface area contributed by atoms with Gasteiger partial charge in [-0.2, -0.15) is 5.10 Å². The molecule has 2 rings (SSSR count). The Morgan fingerprint density at radius 3 is 2.56 bits per heavy atom. The smallest absolute Gasteiger partial charge is 0.248 e. The summed E-state index contributed by atoms with van der Waals surface area (Å²) in [6.45, 7) is 2.65. The Kier molecular flexibility index (Phi) is 3.32. The molecule has 1 heterocycles. The van der Waals surface area contributed by atoms with Crippen LogP contribution in [0, 0.1) is 6.92 Å². The normalized spacial score (nSPS) is 10.3. The third kappa shape index (κ3) is 2.68. The molecular formula is C13H16N4O. The zero-order valence-electron chi connectivity index (χ0n) is 10.5. The molecule has 0 aliphatic rings. The van der Waals surface area contributed by atoms with Crippen molar-refractivity contribution < 1.29 is 4.79 Å². The first kappa shape index (κ1) is 12.2. The fraction of sp³-hybridized carbons (Fsp3) is 0.231. The van der Waals surface area contributed by atoms with E-state index in [0.29, 0.717) is 12.1 Å². The molecule has 0 unspecified atom stereocenters. The summed E-state index contributed by atoms with van der Waals surface area (Å²) in [5.41, 5.74) is 8.74. The second kappa shape index (κ2) is 4.91. The first-order chi connectivity index (χ1) is 8.56. The molecule has 1 aromatic carbocycles. The summed E-state index contributed by atoms with van der Waals surface area (Å²) >= 11 is 0. The maximum atomic E-state index is 10.9. The Morgan fingerprint density at radius 2 is 2.06 bits per heavy atom. The van der Waals surface area contributed by atoms with E-state index in [1.165, 1.54) is 0 Å². The summed E-state index contributed by atoms with van der Waals surface area (Å²) in [7, 11) is 1.92. The van der Waals surface area contributed by atoms with Crippen LogP contribution in [0.1, 0.15) is 21.7 Å². The zero-order valence-corrected chi connectivity index (χ0v) is 10.5. The molecule has 0 saturated heterocycles. The highest BCUT2D eigenvalue weighted by Gasteiger charge is 2.02. The SMILES string of the molecule is Cc1cc(CNc2ccc(C(N)=O)cc2)n(C)n1. The molecule has 0 aliphatic carbocycles. The van der Waals surface area contributed by atoms with Gasteiger partial charge in [-0.3, -0.25) is 9.48 Å². The van der Waals surface area contributed by atoms with Gasteiger partial charge in [0.25, 0.3) is 0 Å². The lowest BCUT2D eigenvalue weighted by atomic mass is 10.2. The van der Waals surface area contributed by atoms with Crippen molar-refractivity contribution in [2.45, 2.75) is 13.5 Å². The van der Waals surface area contributed by atoms with E-state index >= 15 is 0 Å². The molecule has 5 nitrogen and oxygen atoms in total. The maximum absolute atomic E-state index is 10.9. The Bertz CT molecular complexity index is 557. The van der Waals surface area contributed by atoms with Gasteiger partial charge in [-0.15, -0.1) is 0 Å². The van der Waals surface area contributed by atoms with Crippen LogP contribution in [0.3, 0.4) is 0 Å². The van der Waals surface area contributed by atoms with E-state index in [0.717, 1.165) is 17.1 Å². The van der Waals surface area contributed by atoms with Gasteiger partial charge in [0.15, 0.2) is 0 Å². The van der Waals surface area contributed by atoms with Gasteiger partial charge >= 0.3 is 0 Å². The minimum atomic E-state index is -0.413. The molecule has 2 aromatic rings. The van der Waals surface area contributed by atoms with Crippen LogP contribution in [0.25, 0.3) is 0 Å². The minimum Gasteiger partial charge on any atom is -0.379 e. The van der Waals surface area contributed by atoms with Gasteiger partial charge in [-0.05, 0) is 37.3 Å². The number of primary amides is 1. The third-order valence-electron chi connectivity index (χ3n) is 2.74. The van der Waals surface area contributed by atoms with Gasteiger partial charge in [-0.25, -0.2) is 0 Å². The molecule has 1 aromatic heterocycles. The summed E-state index contributed by atoms with van der Waals surface area (Å²) in [5.74, 6) is -0.413. The van der Waals surface area contributed by atoms with Crippen LogP contribution in [-0.4, -0.2) is 15.7 Å². The molecule has 0 aliphatic heterocycles. The first-order valence-corrected chi connectivity index (χ1v) is 5.69. The number of carbonyl (C=O) groups excluding carboxylic acids is 1. The minimum absolute atomic E-state index is 0.413. The molecule has 5 heteroatoms. The number of aryl methyl sites for hydroxylation is 2. The summed E-state index contributed by atoms with van der Waals surface area (Å²) in [4.78, 5) is 10.9. The molecule has 1 amide bonds. The molecule has 3 N–H and O–H groups in total. The van der Waals surface area contributed by atoms with E-state index in [-0.39, 0.29) is 0 Å². The van der Waals surface area contributed by atoms with Crippen molar-refractivity contribution in [1.82, 2.24) is 9.78 Å². The topological polar surface area (TPSA) is 72.9 Å². The molecule has 0 fully saturated rings. The number of nitrogens with two attached hydrogens (primary N) is 1. The van der Waals surface area contributed by atoms with Gasteiger partial charge in [0.1, 0.15) is 0 Å². The van der Waals surface area contributed by atoms with E-state index in [4.69, 9.17) is 5.73 Å². The number of hydrogen-bond donors (Lipinski definition) is 2. The van der Waals surface area contributed by atoms with Crippen LogP contribution in [0.5, 0.6) is 0 Å². The fourth-order valence-electron chi connectivity index (χ4n) is 1.77. The first-order valence-electron chi connectivity index (χ1n) is 5.69. The van der Waals surface area contributed by atoms with E-state index in [9.17, 15) is 4.79 Å². The molecular weight excluding hydrogens is 228 g/mol. The highest BCUT2D eigenvalue weighted by Crippen LogP contribution is 2.11. The van der Waals surface area contributed by atoms with Gasteiger partial charge in [0.2, 0.25) is 5.91 Å². The van der Waals surface area contributed by atoms with Gasteiger partial charge in [-0.1, -0.05) is 0 Å². The van der Waals surface area contributed by atoms with Crippen molar-refractivity contribution in [1.29, 1.82) is 0 Å². The van der Waals surface area contributed by atoms with Crippen molar-refractivity contribution in [2.24, 2.45) is 12.8 Å². The van der Waals surface area contributed by atoms with Crippen molar-refractivity contribution in [3.05, 3.63) is 47.3 Å². The monoisotopic (exact) mass is 244 g/mol. The number of benzene rings is 1. The Hall–Kier alpha value is -2.30. The molecule has 18 heavy (non-hydrogen) atoms.